The van der Waals surface area contributed by atoms with Gasteiger partial charge in [-0.1, -0.05) is 49.0 Å². The van der Waals surface area contributed by atoms with E-state index >= 15 is 0 Å². The summed E-state index contributed by atoms with van der Waals surface area (Å²) in [6, 6.07) is 12.4. The Kier molecular flexibility index (Phi) is 5.74. The predicted molar refractivity (Wildman–Crippen MR) is 111 cm³/mol. The molecule has 1 aliphatic rings. The number of carbonyl (C=O) groups excluding carboxylic acids is 1. The van der Waals surface area contributed by atoms with Crippen LogP contribution in [0.2, 0.25) is 0 Å². The van der Waals surface area contributed by atoms with E-state index in [0.29, 0.717) is 0 Å². The van der Waals surface area contributed by atoms with Crippen molar-refractivity contribution in [2.45, 2.75) is 43.7 Å². The lowest BCUT2D eigenvalue weighted by Crippen LogP contribution is -2.24. The SMILES string of the molecule is CC1CCC(OC(=O)CSc2ncnc3sc(-c4ccccc4)cc23)CC1. The molecule has 4 rings (SSSR count). The molecule has 1 fully saturated rings. The third-order valence-corrected chi connectivity index (χ3v) is 7.01. The molecule has 2 heterocycles. The Morgan fingerprint density at radius 2 is 1.96 bits per heavy atom. The lowest BCUT2D eigenvalue weighted by molar-refractivity contribution is -0.147. The second-order valence-corrected chi connectivity index (χ2v) is 9.03. The molecule has 2 aromatic heterocycles. The maximum Gasteiger partial charge on any atom is 0.316 e. The number of nitrogens with zero attached hydrogens (tertiary/aromatic N) is 2. The van der Waals surface area contributed by atoms with Crippen LogP contribution in [-0.2, 0) is 9.53 Å². The number of rotatable bonds is 5. The van der Waals surface area contributed by atoms with Crippen molar-refractivity contribution >= 4 is 39.3 Å². The molecule has 1 aliphatic carbocycles. The molecule has 0 bridgehead atoms. The summed E-state index contributed by atoms with van der Waals surface area (Å²) in [5.41, 5.74) is 1.17. The summed E-state index contributed by atoms with van der Waals surface area (Å²) in [4.78, 5) is 23.1. The first kappa shape index (κ1) is 18.4. The highest BCUT2D eigenvalue weighted by atomic mass is 32.2. The molecule has 140 valence electrons. The summed E-state index contributed by atoms with van der Waals surface area (Å²) in [7, 11) is 0. The van der Waals surface area contributed by atoms with Crippen molar-refractivity contribution in [2.24, 2.45) is 5.92 Å². The second kappa shape index (κ2) is 8.40. The number of thiophene rings is 1. The molecule has 1 aromatic carbocycles. The van der Waals surface area contributed by atoms with Gasteiger partial charge in [-0.2, -0.15) is 0 Å². The molecule has 1 saturated carbocycles. The zero-order chi connectivity index (χ0) is 18.6. The van der Waals surface area contributed by atoms with Gasteiger partial charge in [0, 0.05) is 10.3 Å². The lowest BCUT2D eigenvalue weighted by atomic mass is 9.89. The molecule has 0 radical (unpaired) electrons. The van der Waals surface area contributed by atoms with Crippen molar-refractivity contribution in [2.75, 3.05) is 5.75 Å². The fraction of sp³-hybridized carbons (Fsp3) is 0.381. The number of ether oxygens (including phenoxy) is 1. The van der Waals surface area contributed by atoms with Crippen LogP contribution in [0.5, 0.6) is 0 Å². The smallest absolute Gasteiger partial charge is 0.316 e. The average molecular weight is 399 g/mol. The summed E-state index contributed by atoms with van der Waals surface area (Å²) in [6.45, 7) is 2.26. The van der Waals surface area contributed by atoms with E-state index in [0.717, 1.165) is 51.7 Å². The highest BCUT2D eigenvalue weighted by Gasteiger charge is 2.22. The monoisotopic (exact) mass is 398 g/mol. The van der Waals surface area contributed by atoms with Crippen LogP contribution in [-0.4, -0.2) is 27.8 Å². The van der Waals surface area contributed by atoms with E-state index in [1.54, 1.807) is 17.7 Å². The minimum atomic E-state index is -0.148. The van der Waals surface area contributed by atoms with Crippen molar-refractivity contribution in [1.29, 1.82) is 0 Å². The van der Waals surface area contributed by atoms with Gasteiger partial charge in [-0.25, -0.2) is 9.97 Å². The van der Waals surface area contributed by atoms with Crippen LogP contribution in [0, 0.1) is 5.92 Å². The van der Waals surface area contributed by atoms with Gasteiger partial charge in [0.25, 0.3) is 0 Å². The molecule has 0 unspecified atom stereocenters. The highest BCUT2D eigenvalue weighted by molar-refractivity contribution is 8.00. The van der Waals surface area contributed by atoms with Crippen molar-refractivity contribution in [3.63, 3.8) is 0 Å². The minimum Gasteiger partial charge on any atom is -0.462 e. The van der Waals surface area contributed by atoms with Gasteiger partial charge in [0.05, 0.1) is 5.75 Å². The van der Waals surface area contributed by atoms with E-state index < -0.39 is 0 Å². The number of hydrogen-bond acceptors (Lipinski definition) is 6. The van der Waals surface area contributed by atoms with E-state index in [4.69, 9.17) is 4.74 Å². The first-order valence-corrected chi connectivity index (χ1v) is 11.1. The predicted octanol–water partition coefficient (Wildman–Crippen LogP) is 5.57. The fourth-order valence-electron chi connectivity index (χ4n) is 3.39. The molecule has 0 saturated heterocycles. The van der Waals surface area contributed by atoms with Crippen LogP contribution in [0.15, 0.2) is 47.8 Å². The van der Waals surface area contributed by atoms with Gasteiger partial charge < -0.3 is 4.74 Å². The molecule has 3 aromatic rings. The number of benzene rings is 1. The molecular formula is C21H22N2O2S2. The van der Waals surface area contributed by atoms with Gasteiger partial charge in [-0.05, 0) is 43.2 Å². The van der Waals surface area contributed by atoms with Gasteiger partial charge in [0.2, 0.25) is 0 Å². The van der Waals surface area contributed by atoms with Crippen LogP contribution in [0.25, 0.3) is 20.7 Å². The Balaban J connectivity index is 1.43. The van der Waals surface area contributed by atoms with Crippen LogP contribution < -0.4 is 0 Å². The van der Waals surface area contributed by atoms with Crippen LogP contribution in [0.3, 0.4) is 0 Å². The summed E-state index contributed by atoms with van der Waals surface area (Å²) in [5, 5.41) is 1.85. The maximum absolute atomic E-state index is 12.2. The first-order valence-electron chi connectivity index (χ1n) is 9.31. The Bertz CT molecular complexity index is 918. The quantitative estimate of drug-likeness (QED) is 0.319. The zero-order valence-corrected chi connectivity index (χ0v) is 16.9. The Morgan fingerprint density at radius 1 is 1.19 bits per heavy atom. The molecular weight excluding hydrogens is 376 g/mol. The van der Waals surface area contributed by atoms with E-state index in [-0.39, 0.29) is 17.8 Å². The van der Waals surface area contributed by atoms with Gasteiger partial charge in [0.1, 0.15) is 22.3 Å². The van der Waals surface area contributed by atoms with E-state index in [1.807, 2.05) is 18.2 Å². The molecule has 0 spiro atoms. The third kappa shape index (κ3) is 4.50. The van der Waals surface area contributed by atoms with Crippen molar-refractivity contribution in [3.8, 4) is 10.4 Å². The zero-order valence-electron chi connectivity index (χ0n) is 15.3. The van der Waals surface area contributed by atoms with Gasteiger partial charge in [0.15, 0.2) is 0 Å². The van der Waals surface area contributed by atoms with Crippen LogP contribution >= 0.6 is 23.1 Å². The number of hydrogen-bond donors (Lipinski definition) is 0. The molecule has 6 heteroatoms. The van der Waals surface area contributed by atoms with Crippen LogP contribution in [0.4, 0.5) is 0 Å². The summed E-state index contributed by atoms with van der Waals surface area (Å²) in [6.07, 6.45) is 5.93. The van der Waals surface area contributed by atoms with Crippen LogP contribution in [0.1, 0.15) is 32.6 Å². The topological polar surface area (TPSA) is 52.1 Å². The molecule has 0 N–H and O–H groups in total. The third-order valence-electron chi connectivity index (χ3n) is 4.94. The van der Waals surface area contributed by atoms with E-state index in [1.165, 1.54) is 17.3 Å². The first-order chi connectivity index (χ1) is 13.2. The highest BCUT2D eigenvalue weighted by Crippen LogP contribution is 2.36. The normalized spacial score (nSPS) is 19.9. The fourth-order valence-corrected chi connectivity index (χ4v) is 5.21. The van der Waals surface area contributed by atoms with Crippen molar-refractivity contribution in [3.05, 3.63) is 42.7 Å². The summed E-state index contributed by atoms with van der Waals surface area (Å²) in [5.74, 6) is 0.889. The summed E-state index contributed by atoms with van der Waals surface area (Å²) < 4.78 is 5.65. The van der Waals surface area contributed by atoms with Gasteiger partial charge in [-0.15, -0.1) is 11.3 Å². The molecule has 27 heavy (non-hydrogen) atoms. The Hall–Kier alpha value is -1.92. The Morgan fingerprint density at radius 3 is 2.74 bits per heavy atom. The lowest BCUT2D eigenvalue weighted by Gasteiger charge is -2.25. The largest absolute Gasteiger partial charge is 0.462 e. The average Bonchev–Trinajstić information content (AvgIpc) is 3.14. The number of esters is 1. The number of thioether (sulfide) groups is 1. The second-order valence-electron chi connectivity index (χ2n) is 7.03. The molecule has 0 aliphatic heterocycles. The molecule has 0 amide bonds. The van der Waals surface area contributed by atoms with E-state index in [2.05, 4.69) is 35.1 Å². The molecule has 0 atom stereocenters. The van der Waals surface area contributed by atoms with E-state index in [9.17, 15) is 4.79 Å². The van der Waals surface area contributed by atoms with Crippen molar-refractivity contribution in [1.82, 2.24) is 9.97 Å². The number of carbonyl (C=O) groups is 1. The minimum absolute atomic E-state index is 0.0885. The van der Waals surface area contributed by atoms with Crippen molar-refractivity contribution < 1.29 is 9.53 Å². The van der Waals surface area contributed by atoms with Gasteiger partial charge >= 0.3 is 5.97 Å². The number of fused-ring (bicyclic) bond motifs is 1. The standard InChI is InChI=1S/C21H22N2O2S2/c1-14-7-9-16(10-8-14)25-19(24)12-26-20-17-11-18(15-5-3-2-4-6-15)27-21(17)23-13-22-20/h2-6,11,13-14,16H,7-10,12H2,1H3. The number of aromatic nitrogens is 2. The van der Waals surface area contributed by atoms with Gasteiger partial charge in [-0.3, -0.25) is 4.79 Å². The molecule has 4 nitrogen and oxygen atoms in total. The summed E-state index contributed by atoms with van der Waals surface area (Å²) >= 11 is 3.08. The Labute approximate surface area is 167 Å². The maximum atomic E-state index is 12.2.